The summed E-state index contributed by atoms with van der Waals surface area (Å²) in [5.41, 5.74) is 3.18. The predicted octanol–water partition coefficient (Wildman–Crippen LogP) is 4.75. The lowest BCUT2D eigenvalue weighted by molar-refractivity contribution is 0.628. The van der Waals surface area contributed by atoms with E-state index in [1.54, 1.807) is 12.1 Å². The molecule has 0 fully saturated rings. The summed E-state index contributed by atoms with van der Waals surface area (Å²) in [4.78, 5) is 2.14. The van der Waals surface area contributed by atoms with Crippen molar-refractivity contribution < 1.29 is 4.39 Å². The number of benzene rings is 2. The molecule has 2 rings (SSSR count). The Labute approximate surface area is 130 Å². The monoisotopic (exact) mass is 306 g/mol. The van der Waals surface area contributed by atoms with Gasteiger partial charge in [-0.2, -0.15) is 0 Å². The Balaban J connectivity index is 2.40. The van der Waals surface area contributed by atoms with Crippen LogP contribution in [-0.4, -0.2) is 13.1 Å². The third kappa shape index (κ3) is 3.96. The second-order valence-corrected chi connectivity index (χ2v) is 5.21. The van der Waals surface area contributed by atoms with Crippen molar-refractivity contribution in [2.24, 2.45) is 0 Å². The fraction of sp³-hybridized carbons (Fsp3) is 0.294. The third-order valence-electron chi connectivity index (χ3n) is 3.36. The van der Waals surface area contributed by atoms with Crippen molar-refractivity contribution in [2.75, 3.05) is 18.0 Å². The topological polar surface area (TPSA) is 15.3 Å². The van der Waals surface area contributed by atoms with E-state index in [1.807, 2.05) is 18.2 Å². The summed E-state index contributed by atoms with van der Waals surface area (Å²) in [5.74, 6) is -0.228. The molecular weight excluding hydrogens is 287 g/mol. The van der Waals surface area contributed by atoms with Gasteiger partial charge in [-0.3, -0.25) is 0 Å². The third-order valence-corrected chi connectivity index (χ3v) is 3.59. The highest BCUT2D eigenvalue weighted by Crippen LogP contribution is 2.31. The van der Waals surface area contributed by atoms with Crippen LogP contribution < -0.4 is 10.2 Å². The van der Waals surface area contributed by atoms with Crippen LogP contribution in [0.2, 0.25) is 5.02 Å². The maximum absolute atomic E-state index is 13.1. The van der Waals surface area contributed by atoms with Crippen LogP contribution in [0.3, 0.4) is 0 Å². The molecule has 112 valence electrons. The van der Waals surface area contributed by atoms with E-state index >= 15 is 0 Å². The van der Waals surface area contributed by atoms with E-state index in [9.17, 15) is 4.39 Å². The van der Waals surface area contributed by atoms with Gasteiger partial charge in [-0.05, 0) is 55.4 Å². The molecular formula is C17H20ClFN2. The minimum atomic E-state index is -0.228. The molecule has 0 aliphatic carbocycles. The van der Waals surface area contributed by atoms with Gasteiger partial charge in [-0.15, -0.1) is 0 Å². The average Bonchev–Trinajstić information content (AvgIpc) is 2.49. The van der Waals surface area contributed by atoms with E-state index in [0.717, 1.165) is 31.0 Å². The molecule has 0 saturated carbocycles. The number of halogens is 2. The molecule has 2 aromatic rings. The molecule has 2 nitrogen and oxygen atoms in total. The van der Waals surface area contributed by atoms with Gasteiger partial charge < -0.3 is 10.2 Å². The SMILES string of the molecule is CCNCc1ccc(Cl)cc1N(CC)c1ccc(F)cc1. The minimum Gasteiger partial charge on any atom is -0.341 e. The molecule has 0 atom stereocenters. The number of hydrogen-bond donors (Lipinski definition) is 1. The molecule has 21 heavy (non-hydrogen) atoms. The van der Waals surface area contributed by atoms with Crippen molar-refractivity contribution in [1.29, 1.82) is 0 Å². The van der Waals surface area contributed by atoms with Gasteiger partial charge >= 0.3 is 0 Å². The maximum Gasteiger partial charge on any atom is 0.123 e. The summed E-state index contributed by atoms with van der Waals surface area (Å²) in [7, 11) is 0. The highest BCUT2D eigenvalue weighted by atomic mass is 35.5. The van der Waals surface area contributed by atoms with Crippen molar-refractivity contribution in [3.8, 4) is 0 Å². The second-order valence-electron chi connectivity index (χ2n) is 4.77. The van der Waals surface area contributed by atoms with Crippen molar-refractivity contribution in [2.45, 2.75) is 20.4 Å². The van der Waals surface area contributed by atoms with Crippen LogP contribution in [0.4, 0.5) is 15.8 Å². The van der Waals surface area contributed by atoms with Crippen LogP contribution in [0.25, 0.3) is 0 Å². The molecule has 0 saturated heterocycles. The van der Waals surface area contributed by atoms with Gasteiger partial charge in [0.1, 0.15) is 5.82 Å². The zero-order valence-electron chi connectivity index (χ0n) is 12.4. The molecule has 0 spiro atoms. The fourth-order valence-corrected chi connectivity index (χ4v) is 2.48. The molecule has 0 aliphatic heterocycles. The van der Waals surface area contributed by atoms with Gasteiger partial charge in [-0.25, -0.2) is 4.39 Å². The van der Waals surface area contributed by atoms with E-state index in [0.29, 0.717) is 5.02 Å². The summed E-state index contributed by atoms with van der Waals surface area (Å²) in [5, 5.41) is 4.03. The summed E-state index contributed by atoms with van der Waals surface area (Å²) in [6, 6.07) is 12.4. The van der Waals surface area contributed by atoms with Gasteiger partial charge in [0, 0.05) is 29.5 Å². The first kappa shape index (κ1) is 15.8. The number of anilines is 2. The Kier molecular flexibility index (Phi) is 5.59. The lowest BCUT2D eigenvalue weighted by atomic mass is 10.1. The van der Waals surface area contributed by atoms with Crippen LogP contribution in [0.1, 0.15) is 19.4 Å². The van der Waals surface area contributed by atoms with Crippen molar-refractivity contribution in [3.05, 3.63) is 58.9 Å². The number of nitrogens with zero attached hydrogens (tertiary/aromatic N) is 1. The molecule has 0 bridgehead atoms. The minimum absolute atomic E-state index is 0.228. The van der Waals surface area contributed by atoms with Crippen molar-refractivity contribution in [3.63, 3.8) is 0 Å². The summed E-state index contributed by atoms with van der Waals surface area (Å²) in [6.07, 6.45) is 0. The number of rotatable bonds is 6. The first-order valence-electron chi connectivity index (χ1n) is 7.18. The molecule has 0 aromatic heterocycles. The zero-order valence-corrected chi connectivity index (χ0v) is 13.1. The van der Waals surface area contributed by atoms with Gasteiger partial charge in [0.2, 0.25) is 0 Å². The summed E-state index contributed by atoms with van der Waals surface area (Å²) >= 11 is 6.16. The molecule has 1 N–H and O–H groups in total. The van der Waals surface area contributed by atoms with Gasteiger partial charge in [-0.1, -0.05) is 24.6 Å². The van der Waals surface area contributed by atoms with Crippen LogP contribution in [-0.2, 0) is 6.54 Å². The van der Waals surface area contributed by atoms with Crippen molar-refractivity contribution >= 4 is 23.0 Å². The zero-order chi connectivity index (χ0) is 15.2. The van der Waals surface area contributed by atoms with Crippen LogP contribution in [0.15, 0.2) is 42.5 Å². The number of nitrogens with one attached hydrogen (secondary N) is 1. The lowest BCUT2D eigenvalue weighted by Crippen LogP contribution is -2.20. The molecule has 4 heteroatoms. The Morgan fingerprint density at radius 1 is 1.10 bits per heavy atom. The Hall–Kier alpha value is -1.58. The Bertz CT molecular complexity index is 584. The lowest BCUT2D eigenvalue weighted by Gasteiger charge is -2.26. The first-order chi connectivity index (χ1) is 10.2. The van der Waals surface area contributed by atoms with E-state index in [4.69, 9.17) is 11.6 Å². The van der Waals surface area contributed by atoms with Crippen LogP contribution in [0, 0.1) is 5.82 Å². The summed E-state index contributed by atoms with van der Waals surface area (Å²) < 4.78 is 13.1. The quantitative estimate of drug-likeness (QED) is 0.828. The van der Waals surface area contributed by atoms with Gasteiger partial charge in [0.25, 0.3) is 0 Å². The molecule has 0 aliphatic rings. The predicted molar refractivity (Wildman–Crippen MR) is 87.9 cm³/mol. The molecule has 0 amide bonds. The van der Waals surface area contributed by atoms with E-state index in [1.165, 1.54) is 17.7 Å². The highest BCUT2D eigenvalue weighted by molar-refractivity contribution is 6.30. The summed E-state index contributed by atoms with van der Waals surface area (Å²) in [6.45, 7) is 6.62. The van der Waals surface area contributed by atoms with Crippen LogP contribution >= 0.6 is 11.6 Å². The first-order valence-corrected chi connectivity index (χ1v) is 7.55. The Morgan fingerprint density at radius 2 is 1.81 bits per heavy atom. The maximum atomic E-state index is 13.1. The standard InChI is InChI=1S/C17H20ClFN2/c1-3-20-12-13-5-6-14(18)11-17(13)21(4-2)16-9-7-15(19)8-10-16/h5-11,20H,3-4,12H2,1-2H3. The molecule has 0 radical (unpaired) electrons. The van der Waals surface area contributed by atoms with Gasteiger partial charge in [0.05, 0.1) is 0 Å². The van der Waals surface area contributed by atoms with E-state index in [-0.39, 0.29) is 5.82 Å². The normalized spacial score (nSPS) is 10.7. The average molecular weight is 307 g/mol. The molecule has 0 heterocycles. The van der Waals surface area contributed by atoms with E-state index in [2.05, 4.69) is 24.1 Å². The Morgan fingerprint density at radius 3 is 2.43 bits per heavy atom. The van der Waals surface area contributed by atoms with Crippen molar-refractivity contribution in [1.82, 2.24) is 5.32 Å². The number of hydrogen-bond acceptors (Lipinski definition) is 2. The van der Waals surface area contributed by atoms with E-state index < -0.39 is 0 Å². The molecule has 2 aromatic carbocycles. The smallest absolute Gasteiger partial charge is 0.123 e. The van der Waals surface area contributed by atoms with Crippen LogP contribution in [0.5, 0.6) is 0 Å². The second kappa shape index (κ2) is 7.43. The van der Waals surface area contributed by atoms with Gasteiger partial charge in [0.15, 0.2) is 0 Å². The highest BCUT2D eigenvalue weighted by Gasteiger charge is 2.12. The fourth-order valence-electron chi connectivity index (χ4n) is 2.31. The molecule has 0 unspecified atom stereocenters. The largest absolute Gasteiger partial charge is 0.341 e.